The summed E-state index contributed by atoms with van der Waals surface area (Å²) in [5, 5.41) is 3.87. The summed E-state index contributed by atoms with van der Waals surface area (Å²) in [4.78, 5) is 23.2. The quantitative estimate of drug-likeness (QED) is 0.366. The molecule has 0 aliphatic carbocycles. The first-order valence-electron chi connectivity index (χ1n) is 8.51. The van der Waals surface area contributed by atoms with Crippen molar-refractivity contribution in [3.05, 3.63) is 47.5 Å². The van der Waals surface area contributed by atoms with Crippen LogP contribution in [0.5, 0.6) is 0 Å². The van der Waals surface area contributed by atoms with E-state index in [0.29, 0.717) is 11.3 Å². The van der Waals surface area contributed by atoms with Crippen LogP contribution >= 0.6 is 0 Å². The minimum atomic E-state index is -0.542. The Morgan fingerprint density at radius 2 is 2.08 bits per heavy atom. The molecule has 0 bridgehead atoms. The van der Waals surface area contributed by atoms with Gasteiger partial charge in [0, 0.05) is 24.8 Å². The Hall–Kier alpha value is -3.03. The minimum Gasteiger partial charge on any atom is -0.463 e. The van der Waals surface area contributed by atoms with E-state index in [0.717, 1.165) is 18.9 Å². The Kier molecular flexibility index (Phi) is 5.73. The Morgan fingerprint density at radius 3 is 2.77 bits per heavy atom. The number of furan rings is 1. The van der Waals surface area contributed by atoms with Crippen LogP contribution in [0.2, 0.25) is 0 Å². The van der Waals surface area contributed by atoms with E-state index in [4.69, 9.17) is 15.0 Å². The summed E-state index contributed by atoms with van der Waals surface area (Å²) in [5.74, 6) is 1.19. The van der Waals surface area contributed by atoms with E-state index in [-0.39, 0.29) is 18.2 Å². The minimum absolute atomic E-state index is 0.0526. The van der Waals surface area contributed by atoms with Crippen molar-refractivity contribution >= 4 is 17.6 Å². The molecule has 2 aromatic heterocycles. The SMILES string of the molecule is COC(=O)c1ccc(CON=C(N)c2ccc(N3CCCCC3)nc2)o1. The first kappa shape index (κ1) is 17.8. The fraction of sp³-hybridized carbons (Fsp3) is 0.389. The van der Waals surface area contributed by atoms with Crippen LogP contribution in [0.1, 0.15) is 41.1 Å². The molecule has 1 fully saturated rings. The van der Waals surface area contributed by atoms with Crippen LogP contribution in [-0.4, -0.2) is 37.0 Å². The molecule has 1 saturated heterocycles. The maximum absolute atomic E-state index is 11.3. The molecule has 3 heterocycles. The van der Waals surface area contributed by atoms with E-state index < -0.39 is 5.97 Å². The Balaban J connectivity index is 1.55. The largest absolute Gasteiger partial charge is 0.463 e. The monoisotopic (exact) mass is 358 g/mol. The normalized spacial score (nSPS) is 15.0. The summed E-state index contributed by atoms with van der Waals surface area (Å²) in [6.45, 7) is 2.13. The smallest absolute Gasteiger partial charge is 0.373 e. The highest BCUT2D eigenvalue weighted by atomic mass is 16.6. The van der Waals surface area contributed by atoms with Crippen molar-refractivity contribution < 1.29 is 18.8 Å². The summed E-state index contributed by atoms with van der Waals surface area (Å²) >= 11 is 0. The molecule has 0 radical (unpaired) electrons. The summed E-state index contributed by atoms with van der Waals surface area (Å²) < 4.78 is 9.85. The molecule has 3 rings (SSSR count). The van der Waals surface area contributed by atoms with E-state index >= 15 is 0 Å². The number of hydrogen-bond acceptors (Lipinski definition) is 7. The van der Waals surface area contributed by atoms with Gasteiger partial charge in [-0.25, -0.2) is 9.78 Å². The number of carbonyl (C=O) groups is 1. The van der Waals surface area contributed by atoms with Crippen molar-refractivity contribution in [1.29, 1.82) is 0 Å². The summed E-state index contributed by atoms with van der Waals surface area (Å²) in [6.07, 6.45) is 5.37. The number of methoxy groups -OCH3 is 1. The van der Waals surface area contributed by atoms with Crippen LogP contribution in [0, 0.1) is 0 Å². The molecular weight excluding hydrogens is 336 g/mol. The van der Waals surface area contributed by atoms with E-state index in [1.807, 2.05) is 12.1 Å². The molecule has 2 aromatic rings. The second-order valence-electron chi connectivity index (χ2n) is 5.96. The van der Waals surface area contributed by atoms with Crippen molar-refractivity contribution in [1.82, 2.24) is 4.98 Å². The topological polar surface area (TPSA) is 103 Å². The lowest BCUT2D eigenvalue weighted by Gasteiger charge is -2.27. The van der Waals surface area contributed by atoms with E-state index in [9.17, 15) is 4.79 Å². The number of aromatic nitrogens is 1. The molecule has 0 aromatic carbocycles. The number of hydrogen-bond donors (Lipinski definition) is 1. The predicted molar refractivity (Wildman–Crippen MR) is 95.9 cm³/mol. The lowest BCUT2D eigenvalue weighted by Crippen LogP contribution is -2.30. The number of pyridine rings is 1. The standard InChI is InChI=1S/C18H22N4O4/c1-24-18(23)15-7-6-14(26-15)12-25-21-17(19)13-5-8-16(20-11-13)22-9-3-2-4-10-22/h5-8,11H,2-4,9-10,12H2,1H3,(H2,19,21). The third kappa shape index (κ3) is 4.33. The van der Waals surface area contributed by atoms with Crippen molar-refractivity contribution in [3.8, 4) is 0 Å². The number of esters is 1. The van der Waals surface area contributed by atoms with E-state index in [1.165, 1.54) is 32.4 Å². The van der Waals surface area contributed by atoms with Gasteiger partial charge in [0.05, 0.1) is 7.11 Å². The zero-order chi connectivity index (χ0) is 18.4. The third-order valence-corrected chi connectivity index (χ3v) is 4.14. The van der Waals surface area contributed by atoms with Crippen LogP contribution in [0.4, 0.5) is 5.82 Å². The molecule has 1 aliphatic rings. The van der Waals surface area contributed by atoms with Gasteiger partial charge >= 0.3 is 5.97 Å². The van der Waals surface area contributed by atoms with Gasteiger partial charge in [-0.1, -0.05) is 5.16 Å². The number of carbonyl (C=O) groups excluding carboxylic acids is 1. The van der Waals surface area contributed by atoms with Gasteiger partial charge in [0.2, 0.25) is 5.76 Å². The highest BCUT2D eigenvalue weighted by Gasteiger charge is 2.13. The Labute approximate surface area is 151 Å². The van der Waals surface area contributed by atoms with Gasteiger partial charge in [-0.3, -0.25) is 0 Å². The maximum atomic E-state index is 11.3. The van der Waals surface area contributed by atoms with Crippen LogP contribution < -0.4 is 10.6 Å². The highest BCUT2D eigenvalue weighted by Crippen LogP contribution is 2.17. The second kappa shape index (κ2) is 8.37. The molecule has 0 spiro atoms. The molecule has 8 heteroatoms. The van der Waals surface area contributed by atoms with Crippen molar-refractivity contribution in [3.63, 3.8) is 0 Å². The summed E-state index contributed by atoms with van der Waals surface area (Å²) in [5.41, 5.74) is 6.61. The van der Waals surface area contributed by atoms with E-state index in [2.05, 4.69) is 19.8 Å². The highest BCUT2D eigenvalue weighted by molar-refractivity contribution is 5.96. The molecular formula is C18H22N4O4. The average Bonchev–Trinajstić information content (AvgIpc) is 3.17. The molecule has 8 nitrogen and oxygen atoms in total. The number of amidine groups is 1. The van der Waals surface area contributed by atoms with Gasteiger partial charge < -0.3 is 24.6 Å². The molecule has 2 N–H and O–H groups in total. The number of ether oxygens (including phenoxy) is 1. The third-order valence-electron chi connectivity index (χ3n) is 4.14. The number of piperidine rings is 1. The molecule has 0 unspecified atom stereocenters. The second-order valence-corrected chi connectivity index (χ2v) is 5.96. The summed E-state index contributed by atoms with van der Waals surface area (Å²) in [7, 11) is 1.29. The van der Waals surface area contributed by atoms with Crippen molar-refractivity contribution in [2.45, 2.75) is 25.9 Å². The van der Waals surface area contributed by atoms with Crippen LogP contribution in [0.25, 0.3) is 0 Å². The van der Waals surface area contributed by atoms with Gasteiger partial charge in [0.1, 0.15) is 11.6 Å². The number of nitrogens with zero attached hydrogens (tertiary/aromatic N) is 3. The van der Waals surface area contributed by atoms with Crippen LogP contribution in [0.3, 0.4) is 0 Å². The van der Waals surface area contributed by atoms with Gasteiger partial charge in [-0.15, -0.1) is 0 Å². The number of nitrogens with two attached hydrogens (primary N) is 1. The fourth-order valence-electron chi connectivity index (χ4n) is 2.73. The zero-order valence-electron chi connectivity index (χ0n) is 14.7. The lowest BCUT2D eigenvalue weighted by molar-refractivity contribution is 0.0553. The van der Waals surface area contributed by atoms with Gasteiger partial charge in [-0.2, -0.15) is 0 Å². The molecule has 26 heavy (non-hydrogen) atoms. The molecule has 0 amide bonds. The molecule has 0 atom stereocenters. The Bertz CT molecular complexity index is 764. The first-order valence-corrected chi connectivity index (χ1v) is 8.51. The van der Waals surface area contributed by atoms with Crippen molar-refractivity contribution in [2.75, 3.05) is 25.1 Å². The predicted octanol–water partition coefficient (Wildman–Crippen LogP) is 2.29. The summed E-state index contributed by atoms with van der Waals surface area (Å²) in [6, 6.07) is 6.95. The fourth-order valence-corrected chi connectivity index (χ4v) is 2.73. The van der Waals surface area contributed by atoms with Gasteiger partial charge in [0.15, 0.2) is 12.4 Å². The number of rotatable bonds is 6. The number of anilines is 1. The van der Waals surface area contributed by atoms with E-state index in [1.54, 1.807) is 12.3 Å². The zero-order valence-corrected chi connectivity index (χ0v) is 14.7. The lowest BCUT2D eigenvalue weighted by atomic mass is 10.1. The number of oxime groups is 1. The maximum Gasteiger partial charge on any atom is 0.373 e. The Morgan fingerprint density at radius 1 is 1.27 bits per heavy atom. The molecule has 138 valence electrons. The van der Waals surface area contributed by atoms with Crippen LogP contribution in [0.15, 0.2) is 40.0 Å². The first-order chi connectivity index (χ1) is 12.7. The van der Waals surface area contributed by atoms with Gasteiger partial charge in [0.25, 0.3) is 0 Å². The molecule has 0 saturated carbocycles. The van der Waals surface area contributed by atoms with Crippen molar-refractivity contribution in [2.24, 2.45) is 10.9 Å². The molecule has 1 aliphatic heterocycles. The average molecular weight is 358 g/mol. The van der Waals surface area contributed by atoms with Crippen LogP contribution in [-0.2, 0) is 16.2 Å². The van der Waals surface area contributed by atoms with Gasteiger partial charge in [-0.05, 0) is 43.5 Å².